The summed E-state index contributed by atoms with van der Waals surface area (Å²) in [6, 6.07) is 2.66. The molecule has 0 rings (SSSR count). The van der Waals surface area contributed by atoms with Crippen LogP contribution in [-0.4, -0.2) is 36.1 Å². The lowest BCUT2D eigenvalue weighted by atomic mass is 9.99. The Morgan fingerprint density at radius 1 is 1.38 bits per heavy atom. The average Bonchev–Trinajstić information content (AvgIpc) is 2.22. The Hall–Kier alpha value is -0.590. The first-order valence-electron chi connectivity index (χ1n) is 6.20. The van der Waals surface area contributed by atoms with E-state index in [-0.39, 0.29) is 11.6 Å². The zero-order chi connectivity index (χ0) is 12.8. The molecule has 0 bridgehead atoms. The number of nitrogens with one attached hydrogen (secondary N) is 1. The Morgan fingerprint density at radius 3 is 2.31 bits per heavy atom. The molecule has 0 aliphatic rings. The van der Waals surface area contributed by atoms with Gasteiger partial charge in [0.1, 0.15) is 0 Å². The van der Waals surface area contributed by atoms with Crippen molar-refractivity contribution < 1.29 is 0 Å². The zero-order valence-corrected chi connectivity index (χ0v) is 11.7. The Morgan fingerprint density at radius 2 is 1.94 bits per heavy atom. The van der Waals surface area contributed by atoms with Gasteiger partial charge in [-0.1, -0.05) is 6.92 Å². The lowest BCUT2D eigenvalue weighted by Crippen LogP contribution is -2.43. The van der Waals surface area contributed by atoms with Crippen molar-refractivity contribution in [3.8, 4) is 6.07 Å². The van der Waals surface area contributed by atoms with Crippen molar-refractivity contribution in [3.63, 3.8) is 0 Å². The summed E-state index contributed by atoms with van der Waals surface area (Å²) in [6.45, 7) is 11.8. The second-order valence-corrected chi connectivity index (χ2v) is 5.38. The lowest BCUT2D eigenvalue weighted by molar-refractivity contribution is 0.146. The first-order valence-corrected chi connectivity index (χ1v) is 6.20. The smallest absolute Gasteiger partial charge is 0.0967 e. The fourth-order valence-electron chi connectivity index (χ4n) is 1.48. The lowest BCUT2D eigenvalue weighted by Gasteiger charge is -2.35. The Labute approximate surface area is 101 Å². The summed E-state index contributed by atoms with van der Waals surface area (Å²) in [4.78, 5) is 2.33. The van der Waals surface area contributed by atoms with E-state index in [1.165, 1.54) is 0 Å². The maximum absolute atomic E-state index is 9.02. The van der Waals surface area contributed by atoms with Crippen molar-refractivity contribution >= 4 is 0 Å². The van der Waals surface area contributed by atoms with Gasteiger partial charge < -0.3 is 4.90 Å². The first kappa shape index (κ1) is 15.4. The van der Waals surface area contributed by atoms with Gasteiger partial charge in [-0.25, -0.2) is 0 Å². The van der Waals surface area contributed by atoms with Gasteiger partial charge in [0, 0.05) is 18.1 Å². The van der Waals surface area contributed by atoms with E-state index < -0.39 is 0 Å². The van der Waals surface area contributed by atoms with Gasteiger partial charge in [0.25, 0.3) is 0 Å². The van der Waals surface area contributed by atoms with Gasteiger partial charge in [-0.05, 0) is 47.6 Å². The van der Waals surface area contributed by atoms with Gasteiger partial charge in [0.05, 0.1) is 12.1 Å². The molecule has 0 aliphatic carbocycles. The summed E-state index contributed by atoms with van der Waals surface area (Å²) in [6.07, 6.45) is 2.01. The normalized spacial score (nSPS) is 14.2. The predicted octanol–water partition coefficient (Wildman–Crippen LogP) is 2.39. The second kappa shape index (κ2) is 6.88. The standard InChI is InChI=1S/C13H27N3/c1-7-13(4,5)16(6)9-8-12(10-14)15-11(2)3/h11-12,15H,7-9H2,1-6H3. The van der Waals surface area contributed by atoms with Crippen LogP contribution in [0.15, 0.2) is 0 Å². The molecule has 0 fully saturated rings. The van der Waals surface area contributed by atoms with Crippen LogP contribution < -0.4 is 5.32 Å². The molecule has 0 aliphatic heterocycles. The Balaban J connectivity index is 4.08. The van der Waals surface area contributed by atoms with Crippen molar-refractivity contribution in [1.82, 2.24) is 10.2 Å². The first-order chi connectivity index (χ1) is 7.33. The minimum absolute atomic E-state index is 0.0323. The summed E-state index contributed by atoms with van der Waals surface area (Å²) in [7, 11) is 2.13. The molecular weight excluding hydrogens is 198 g/mol. The van der Waals surface area contributed by atoms with E-state index in [9.17, 15) is 0 Å². The van der Waals surface area contributed by atoms with E-state index in [2.05, 4.69) is 58.0 Å². The molecule has 3 nitrogen and oxygen atoms in total. The molecule has 0 amide bonds. The topological polar surface area (TPSA) is 39.1 Å². The highest BCUT2D eigenvalue weighted by molar-refractivity contribution is 4.91. The van der Waals surface area contributed by atoms with Crippen molar-refractivity contribution in [2.24, 2.45) is 0 Å². The Kier molecular flexibility index (Phi) is 6.62. The molecule has 1 atom stereocenters. The third kappa shape index (κ3) is 5.48. The molecule has 94 valence electrons. The van der Waals surface area contributed by atoms with E-state index >= 15 is 0 Å². The minimum Gasteiger partial charge on any atom is -0.301 e. The van der Waals surface area contributed by atoms with E-state index in [0.717, 1.165) is 19.4 Å². The van der Waals surface area contributed by atoms with Gasteiger partial charge in [0.15, 0.2) is 0 Å². The van der Waals surface area contributed by atoms with Crippen LogP contribution in [0.1, 0.15) is 47.5 Å². The largest absolute Gasteiger partial charge is 0.301 e. The van der Waals surface area contributed by atoms with E-state index in [0.29, 0.717) is 6.04 Å². The summed E-state index contributed by atoms with van der Waals surface area (Å²) in [5, 5.41) is 12.3. The fourth-order valence-corrected chi connectivity index (χ4v) is 1.48. The highest BCUT2D eigenvalue weighted by Gasteiger charge is 2.21. The third-order valence-electron chi connectivity index (χ3n) is 3.34. The van der Waals surface area contributed by atoms with Crippen LogP contribution in [0.2, 0.25) is 0 Å². The maximum atomic E-state index is 9.02. The number of nitrogens with zero attached hydrogens (tertiary/aromatic N) is 2. The van der Waals surface area contributed by atoms with Gasteiger partial charge in [0.2, 0.25) is 0 Å². The predicted molar refractivity (Wildman–Crippen MR) is 69.3 cm³/mol. The van der Waals surface area contributed by atoms with Crippen LogP contribution in [0.5, 0.6) is 0 Å². The summed E-state index contributed by atoms with van der Waals surface area (Å²) >= 11 is 0. The van der Waals surface area contributed by atoms with Crippen molar-refractivity contribution in [2.45, 2.75) is 65.1 Å². The molecule has 3 heteroatoms. The van der Waals surface area contributed by atoms with E-state index in [1.54, 1.807) is 0 Å². The number of rotatable bonds is 7. The molecule has 0 saturated heterocycles. The quantitative estimate of drug-likeness (QED) is 0.723. The van der Waals surface area contributed by atoms with Crippen LogP contribution >= 0.6 is 0 Å². The van der Waals surface area contributed by atoms with Crippen molar-refractivity contribution in [1.29, 1.82) is 5.26 Å². The second-order valence-electron chi connectivity index (χ2n) is 5.38. The number of hydrogen-bond donors (Lipinski definition) is 1. The zero-order valence-electron chi connectivity index (χ0n) is 11.7. The molecule has 0 saturated carbocycles. The molecule has 0 heterocycles. The van der Waals surface area contributed by atoms with Crippen LogP contribution in [0, 0.1) is 11.3 Å². The molecule has 0 aromatic rings. The van der Waals surface area contributed by atoms with E-state index in [4.69, 9.17) is 5.26 Å². The van der Waals surface area contributed by atoms with Gasteiger partial charge in [-0.3, -0.25) is 5.32 Å². The molecule has 1 N–H and O–H groups in total. The number of hydrogen-bond acceptors (Lipinski definition) is 3. The van der Waals surface area contributed by atoms with Gasteiger partial charge in [-0.15, -0.1) is 0 Å². The summed E-state index contributed by atoms with van der Waals surface area (Å²) < 4.78 is 0. The van der Waals surface area contributed by atoms with Crippen molar-refractivity contribution in [2.75, 3.05) is 13.6 Å². The molecule has 0 aromatic heterocycles. The van der Waals surface area contributed by atoms with Gasteiger partial charge >= 0.3 is 0 Å². The SMILES string of the molecule is CCC(C)(C)N(C)CCC(C#N)NC(C)C. The molecule has 0 radical (unpaired) electrons. The molecule has 0 spiro atoms. The molecule has 16 heavy (non-hydrogen) atoms. The highest BCUT2D eigenvalue weighted by Crippen LogP contribution is 2.16. The van der Waals surface area contributed by atoms with Crippen LogP contribution in [0.4, 0.5) is 0 Å². The monoisotopic (exact) mass is 225 g/mol. The fraction of sp³-hybridized carbons (Fsp3) is 0.923. The third-order valence-corrected chi connectivity index (χ3v) is 3.34. The average molecular weight is 225 g/mol. The van der Waals surface area contributed by atoms with E-state index in [1.807, 2.05) is 0 Å². The van der Waals surface area contributed by atoms with Crippen LogP contribution in [-0.2, 0) is 0 Å². The van der Waals surface area contributed by atoms with Gasteiger partial charge in [-0.2, -0.15) is 5.26 Å². The molecular formula is C13H27N3. The summed E-state index contributed by atoms with van der Waals surface area (Å²) in [5.41, 5.74) is 0.220. The highest BCUT2D eigenvalue weighted by atomic mass is 15.2. The number of nitriles is 1. The minimum atomic E-state index is -0.0323. The molecule has 0 aromatic carbocycles. The maximum Gasteiger partial charge on any atom is 0.0967 e. The summed E-state index contributed by atoms with van der Waals surface area (Å²) in [5.74, 6) is 0. The van der Waals surface area contributed by atoms with Crippen LogP contribution in [0.25, 0.3) is 0 Å². The van der Waals surface area contributed by atoms with Crippen molar-refractivity contribution in [3.05, 3.63) is 0 Å². The Bertz CT molecular complexity index is 228. The van der Waals surface area contributed by atoms with Crippen LogP contribution in [0.3, 0.4) is 0 Å². The molecule has 1 unspecified atom stereocenters.